The van der Waals surface area contributed by atoms with Crippen LogP contribution in [0.3, 0.4) is 0 Å². The molecule has 0 bridgehead atoms. The fourth-order valence-corrected chi connectivity index (χ4v) is 2.31. The molecule has 1 aromatic heterocycles. The Morgan fingerprint density at radius 3 is 2.50 bits per heavy atom. The van der Waals surface area contributed by atoms with Crippen LogP contribution >= 0.6 is 0 Å². The van der Waals surface area contributed by atoms with Gasteiger partial charge < -0.3 is 10.1 Å². The van der Waals surface area contributed by atoms with Crippen molar-refractivity contribution < 1.29 is 9.53 Å². The van der Waals surface area contributed by atoms with E-state index in [9.17, 15) is 4.79 Å². The summed E-state index contributed by atoms with van der Waals surface area (Å²) in [6, 6.07) is 17.0. The summed E-state index contributed by atoms with van der Waals surface area (Å²) in [5.41, 5.74) is 4.01. The number of aryl methyl sites for hydroxylation is 1. The molecule has 0 unspecified atom stereocenters. The molecule has 0 aliphatic heterocycles. The molecule has 3 rings (SSSR count). The molecule has 2 N–H and O–H groups in total. The molecule has 0 saturated carbocycles. The number of hydrogen-bond acceptors (Lipinski definition) is 3. The fourth-order valence-electron chi connectivity index (χ4n) is 2.31. The van der Waals surface area contributed by atoms with Crippen LogP contribution in [0.15, 0.2) is 54.6 Å². The molecule has 1 heterocycles. The number of ether oxygens (including phenoxy) is 1. The van der Waals surface area contributed by atoms with Gasteiger partial charge in [-0.1, -0.05) is 29.8 Å². The fraction of sp³-hybridized carbons (Fsp3) is 0.158. The molecular weight excluding hydrogens is 302 g/mol. The van der Waals surface area contributed by atoms with Crippen LogP contribution in [-0.4, -0.2) is 22.7 Å². The number of carbonyl (C=O) groups is 1. The van der Waals surface area contributed by atoms with Gasteiger partial charge in [-0.25, -0.2) is 0 Å². The number of rotatable bonds is 5. The van der Waals surface area contributed by atoms with E-state index in [1.165, 1.54) is 5.56 Å². The van der Waals surface area contributed by atoms with E-state index in [-0.39, 0.29) is 5.91 Å². The second kappa shape index (κ2) is 7.00. The summed E-state index contributed by atoms with van der Waals surface area (Å²) in [5.74, 6) is 0.545. The zero-order valence-electron chi connectivity index (χ0n) is 13.7. The largest absolute Gasteiger partial charge is 0.494 e. The molecule has 122 valence electrons. The van der Waals surface area contributed by atoms with Gasteiger partial charge in [0, 0.05) is 11.3 Å². The Hall–Kier alpha value is -3.08. The third kappa shape index (κ3) is 3.63. The van der Waals surface area contributed by atoms with E-state index < -0.39 is 0 Å². The Morgan fingerprint density at radius 1 is 1.12 bits per heavy atom. The number of nitrogens with one attached hydrogen (secondary N) is 2. The highest BCUT2D eigenvalue weighted by molar-refractivity contribution is 6.03. The minimum absolute atomic E-state index is 0.231. The van der Waals surface area contributed by atoms with Crippen molar-refractivity contribution in [3.05, 3.63) is 65.9 Å². The van der Waals surface area contributed by atoms with Crippen LogP contribution in [0.4, 0.5) is 5.69 Å². The van der Waals surface area contributed by atoms with Crippen LogP contribution in [-0.2, 0) is 0 Å². The molecule has 24 heavy (non-hydrogen) atoms. The topological polar surface area (TPSA) is 67.0 Å². The van der Waals surface area contributed by atoms with E-state index in [2.05, 4.69) is 15.5 Å². The number of hydrogen-bond donors (Lipinski definition) is 2. The lowest BCUT2D eigenvalue weighted by Gasteiger charge is -2.06. The quantitative estimate of drug-likeness (QED) is 0.745. The average Bonchev–Trinajstić information content (AvgIpc) is 3.08. The van der Waals surface area contributed by atoms with Gasteiger partial charge in [-0.2, -0.15) is 5.10 Å². The summed E-state index contributed by atoms with van der Waals surface area (Å²) in [4.78, 5) is 12.3. The molecule has 0 spiro atoms. The molecule has 0 aliphatic carbocycles. The normalized spacial score (nSPS) is 10.4. The van der Waals surface area contributed by atoms with Crippen LogP contribution in [0.5, 0.6) is 5.75 Å². The zero-order valence-corrected chi connectivity index (χ0v) is 13.7. The highest BCUT2D eigenvalue weighted by atomic mass is 16.5. The molecule has 1 amide bonds. The van der Waals surface area contributed by atoms with Crippen LogP contribution in [0.2, 0.25) is 0 Å². The van der Waals surface area contributed by atoms with Crippen molar-refractivity contribution in [1.29, 1.82) is 0 Å². The second-order valence-corrected chi connectivity index (χ2v) is 5.44. The number of nitrogens with zero attached hydrogens (tertiary/aromatic N) is 1. The predicted octanol–water partition coefficient (Wildman–Crippen LogP) is 4.04. The lowest BCUT2D eigenvalue weighted by Crippen LogP contribution is -2.12. The Kier molecular flexibility index (Phi) is 4.61. The van der Waals surface area contributed by atoms with Gasteiger partial charge in [0.1, 0.15) is 11.4 Å². The number of carbonyl (C=O) groups excluding carboxylic acids is 1. The van der Waals surface area contributed by atoms with Gasteiger partial charge in [0.25, 0.3) is 5.91 Å². The van der Waals surface area contributed by atoms with Gasteiger partial charge in [-0.3, -0.25) is 9.89 Å². The maximum Gasteiger partial charge on any atom is 0.273 e. The Labute approximate surface area is 140 Å². The molecule has 5 heteroatoms. The van der Waals surface area contributed by atoms with Gasteiger partial charge >= 0.3 is 0 Å². The number of benzene rings is 2. The summed E-state index contributed by atoms with van der Waals surface area (Å²) in [7, 11) is 0. The van der Waals surface area contributed by atoms with Crippen LogP contribution in [0.25, 0.3) is 11.3 Å². The second-order valence-electron chi connectivity index (χ2n) is 5.44. The third-order valence-electron chi connectivity index (χ3n) is 3.59. The molecule has 0 radical (unpaired) electrons. The number of aromatic amines is 1. The molecule has 0 aliphatic rings. The van der Waals surface area contributed by atoms with Crippen LogP contribution < -0.4 is 10.1 Å². The maximum atomic E-state index is 12.3. The number of H-pyrrole nitrogens is 1. The minimum Gasteiger partial charge on any atom is -0.494 e. The molecule has 5 nitrogen and oxygen atoms in total. The standard InChI is InChI=1S/C19H19N3O2/c1-3-24-16-10-8-15(9-11-16)20-19(23)18-12-17(21-22-18)14-6-4-13(2)5-7-14/h4-12H,3H2,1-2H3,(H,20,23)(H,21,22). The van der Waals surface area contributed by atoms with E-state index in [4.69, 9.17) is 4.74 Å². The molecule has 2 aromatic carbocycles. The lowest BCUT2D eigenvalue weighted by atomic mass is 10.1. The number of aromatic nitrogens is 2. The van der Waals surface area contributed by atoms with Gasteiger partial charge in [-0.05, 0) is 44.2 Å². The minimum atomic E-state index is -0.231. The van der Waals surface area contributed by atoms with Gasteiger partial charge in [0.2, 0.25) is 0 Å². The van der Waals surface area contributed by atoms with E-state index >= 15 is 0 Å². The Balaban J connectivity index is 1.70. The monoisotopic (exact) mass is 321 g/mol. The van der Waals surface area contributed by atoms with Crippen LogP contribution in [0.1, 0.15) is 23.0 Å². The summed E-state index contributed by atoms with van der Waals surface area (Å²) in [6.45, 7) is 4.57. The Bertz CT molecular complexity index is 821. The summed E-state index contributed by atoms with van der Waals surface area (Å²) < 4.78 is 5.38. The third-order valence-corrected chi connectivity index (χ3v) is 3.59. The molecular formula is C19H19N3O2. The Morgan fingerprint density at radius 2 is 1.83 bits per heavy atom. The highest BCUT2D eigenvalue weighted by Gasteiger charge is 2.11. The molecule has 0 saturated heterocycles. The maximum absolute atomic E-state index is 12.3. The first-order valence-corrected chi connectivity index (χ1v) is 7.82. The summed E-state index contributed by atoms with van der Waals surface area (Å²) in [6.07, 6.45) is 0. The van der Waals surface area contributed by atoms with Gasteiger partial charge in [0.15, 0.2) is 0 Å². The van der Waals surface area contributed by atoms with Crippen molar-refractivity contribution in [2.75, 3.05) is 11.9 Å². The van der Waals surface area contributed by atoms with Crippen molar-refractivity contribution in [3.63, 3.8) is 0 Å². The van der Waals surface area contributed by atoms with Crippen molar-refractivity contribution in [3.8, 4) is 17.0 Å². The van der Waals surface area contributed by atoms with Gasteiger partial charge in [-0.15, -0.1) is 0 Å². The van der Waals surface area contributed by atoms with E-state index in [0.717, 1.165) is 17.0 Å². The van der Waals surface area contributed by atoms with Crippen molar-refractivity contribution in [2.45, 2.75) is 13.8 Å². The average molecular weight is 321 g/mol. The molecule has 0 atom stereocenters. The first-order chi connectivity index (χ1) is 11.7. The lowest BCUT2D eigenvalue weighted by molar-refractivity contribution is 0.102. The SMILES string of the molecule is CCOc1ccc(NC(=O)c2cc(-c3ccc(C)cc3)n[nH]2)cc1. The summed E-state index contributed by atoms with van der Waals surface area (Å²) in [5, 5.41) is 9.83. The van der Waals surface area contributed by atoms with E-state index in [1.54, 1.807) is 18.2 Å². The van der Waals surface area contributed by atoms with Crippen molar-refractivity contribution in [1.82, 2.24) is 10.2 Å². The van der Waals surface area contributed by atoms with Crippen molar-refractivity contribution >= 4 is 11.6 Å². The molecule has 3 aromatic rings. The predicted molar refractivity (Wildman–Crippen MR) is 94.3 cm³/mol. The van der Waals surface area contributed by atoms with Gasteiger partial charge in [0.05, 0.1) is 12.3 Å². The highest BCUT2D eigenvalue weighted by Crippen LogP contribution is 2.20. The van der Waals surface area contributed by atoms with Crippen molar-refractivity contribution in [2.24, 2.45) is 0 Å². The number of anilines is 1. The van der Waals surface area contributed by atoms with E-state index in [0.29, 0.717) is 18.0 Å². The van der Waals surface area contributed by atoms with Crippen LogP contribution in [0, 0.1) is 6.92 Å². The molecule has 0 fully saturated rings. The van der Waals surface area contributed by atoms with E-state index in [1.807, 2.05) is 50.2 Å². The first kappa shape index (κ1) is 15.8. The first-order valence-electron chi connectivity index (χ1n) is 7.82. The smallest absolute Gasteiger partial charge is 0.273 e. The number of amides is 1. The zero-order chi connectivity index (χ0) is 16.9. The summed E-state index contributed by atoms with van der Waals surface area (Å²) >= 11 is 0.